The first kappa shape index (κ1) is 20.3. The Morgan fingerprint density at radius 3 is 2.63 bits per heavy atom. The number of amides is 2. The van der Waals surface area contributed by atoms with Crippen molar-refractivity contribution >= 4 is 22.6 Å². The number of hydrogen-bond acceptors (Lipinski definition) is 4. The zero-order valence-electron chi connectivity index (χ0n) is 17.3. The van der Waals surface area contributed by atoms with Gasteiger partial charge in [-0.25, -0.2) is 4.79 Å². The third-order valence-electron chi connectivity index (χ3n) is 5.40. The lowest BCUT2D eigenvalue weighted by atomic mass is 10.2. The van der Waals surface area contributed by atoms with Crippen LogP contribution >= 0.6 is 0 Å². The average Bonchev–Trinajstić information content (AvgIpc) is 3.19. The molecule has 3 aromatic rings. The number of hydrogen-bond donors (Lipinski definition) is 2. The maximum atomic E-state index is 12.3. The summed E-state index contributed by atoms with van der Waals surface area (Å²) in [6.45, 7) is 6.05. The molecule has 1 saturated heterocycles. The number of nitrogens with one attached hydrogen (secondary N) is 2. The first-order chi connectivity index (χ1) is 14.7. The van der Waals surface area contributed by atoms with Crippen LogP contribution in [0.5, 0.6) is 5.75 Å². The summed E-state index contributed by atoms with van der Waals surface area (Å²) >= 11 is 0. The SMILES string of the molecule is COc1ccc(CNC(=O)Nc2ccc3c(ccn3CCN3CCOCC3)c2)cc1. The van der Waals surface area contributed by atoms with Crippen LogP contribution in [-0.4, -0.2) is 55.5 Å². The fourth-order valence-electron chi connectivity index (χ4n) is 3.65. The lowest BCUT2D eigenvalue weighted by Crippen LogP contribution is -2.38. The lowest BCUT2D eigenvalue weighted by molar-refractivity contribution is 0.0365. The van der Waals surface area contributed by atoms with Gasteiger partial charge in [-0.2, -0.15) is 0 Å². The molecule has 0 atom stereocenters. The number of fused-ring (bicyclic) bond motifs is 1. The molecule has 2 amide bonds. The number of ether oxygens (including phenoxy) is 2. The second-order valence-electron chi connectivity index (χ2n) is 7.39. The van der Waals surface area contributed by atoms with Crippen LogP contribution in [0, 0.1) is 0 Å². The maximum absolute atomic E-state index is 12.3. The number of carbonyl (C=O) groups is 1. The van der Waals surface area contributed by atoms with E-state index in [1.54, 1.807) is 7.11 Å². The summed E-state index contributed by atoms with van der Waals surface area (Å²) in [6.07, 6.45) is 2.11. The quantitative estimate of drug-likeness (QED) is 0.630. The van der Waals surface area contributed by atoms with Gasteiger partial charge >= 0.3 is 6.03 Å². The Hall–Kier alpha value is -3.03. The average molecular weight is 409 g/mol. The zero-order valence-corrected chi connectivity index (χ0v) is 17.3. The molecule has 30 heavy (non-hydrogen) atoms. The normalized spacial score (nSPS) is 14.6. The van der Waals surface area contributed by atoms with Crippen molar-refractivity contribution in [2.45, 2.75) is 13.1 Å². The van der Waals surface area contributed by atoms with Gasteiger partial charge in [0, 0.05) is 55.5 Å². The standard InChI is InChI=1S/C23H28N4O3/c1-29-21-5-2-18(3-6-21)17-24-23(28)25-20-4-7-22-19(16-20)8-9-27(22)11-10-26-12-14-30-15-13-26/h2-9,16H,10-15,17H2,1H3,(H2,24,25,28). The number of methoxy groups -OCH3 is 1. The summed E-state index contributed by atoms with van der Waals surface area (Å²) in [7, 11) is 1.63. The van der Waals surface area contributed by atoms with Crippen LogP contribution in [0.1, 0.15) is 5.56 Å². The molecule has 1 aliphatic heterocycles. The minimum absolute atomic E-state index is 0.225. The van der Waals surface area contributed by atoms with Crippen molar-refractivity contribution in [1.29, 1.82) is 0 Å². The molecule has 158 valence electrons. The van der Waals surface area contributed by atoms with Crippen molar-refractivity contribution in [2.75, 3.05) is 45.3 Å². The van der Waals surface area contributed by atoms with Gasteiger partial charge in [-0.15, -0.1) is 0 Å². The monoisotopic (exact) mass is 408 g/mol. The van der Waals surface area contributed by atoms with E-state index < -0.39 is 0 Å². The number of nitrogens with zero attached hydrogens (tertiary/aromatic N) is 2. The number of morpholine rings is 1. The van der Waals surface area contributed by atoms with Gasteiger partial charge in [0.1, 0.15) is 5.75 Å². The second kappa shape index (κ2) is 9.65. The zero-order chi connectivity index (χ0) is 20.8. The molecule has 1 aromatic heterocycles. The molecule has 0 saturated carbocycles. The molecule has 2 heterocycles. The van der Waals surface area contributed by atoms with E-state index in [2.05, 4.69) is 38.4 Å². The number of benzene rings is 2. The molecule has 0 aliphatic carbocycles. The molecule has 2 N–H and O–H groups in total. The van der Waals surface area contributed by atoms with Gasteiger partial charge in [-0.1, -0.05) is 12.1 Å². The van der Waals surface area contributed by atoms with Gasteiger partial charge in [-0.05, 0) is 42.0 Å². The van der Waals surface area contributed by atoms with Crippen molar-refractivity contribution in [3.8, 4) is 5.75 Å². The minimum Gasteiger partial charge on any atom is -0.497 e. The predicted octanol–water partition coefficient (Wildman–Crippen LogP) is 3.30. The lowest BCUT2D eigenvalue weighted by Gasteiger charge is -2.26. The Kier molecular flexibility index (Phi) is 6.51. The van der Waals surface area contributed by atoms with Crippen molar-refractivity contribution in [2.24, 2.45) is 0 Å². The Labute approximate surface area is 176 Å². The van der Waals surface area contributed by atoms with Crippen molar-refractivity contribution in [1.82, 2.24) is 14.8 Å². The van der Waals surface area contributed by atoms with Crippen LogP contribution in [0.4, 0.5) is 10.5 Å². The molecule has 0 bridgehead atoms. The van der Waals surface area contributed by atoms with Gasteiger partial charge in [0.2, 0.25) is 0 Å². The van der Waals surface area contributed by atoms with E-state index in [-0.39, 0.29) is 6.03 Å². The summed E-state index contributed by atoms with van der Waals surface area (Å²) in [5, 5.41) is 6.91. The van der Waals surface area contributed by atoms with Crippen LogP contribution in [0.3, 0.4) is 0 Å². The highest BCUT2D eigenvalue weighted by Gasteiger charge is 2.11. The fraction of sp³-hybridized carbons (Fsp3) is 0.348. The Balaban J connectivity index is 1.31. The summed E-state index contributed by atoms with van der Waals surface area (Å²) in [5.41, 5.74) is 2.96. The molecule has 0 radical (unpaired) electrons. The van der Waals surface area contributed by atoms with Crippen LogP contribution in [0.15, 0.2) is 54.7 Å². The molecule has 1 fully saturated rings. The molecule has 2 aromatic carbocycles. The molecule has 7 nitrogen and oxygen atoms in total. The van der Waals surface area contributed by atoms with Gasteiger partial charge < -0.3 is 24.7 Å². The molecular formula is C23H28N4O3. The smallest absolute Gasteiger partial charge is 0.319 e. The first-order valence-electron chi connectivity index (χ1n) is 10.3. The van der Waals surface area contributed by atoms with Crippen LogP contribution in [-0.2, 0) is 17.8 Å². The van der Waals surface area contributed by atoms with E-state index >= 15 is 0 Å². The fourth-order valence-corrected chi connectivity index (χ4v) is 3.65. The van der Waals surface area contributed by atoms with E-state index in [4.69, 9.17) is 9.47 Å². The topological polar surface area (TPSA) is 67.8 Å². The number of urea groups is 1. The van der Waals surface area contributed by atoms with Gasteiger partial charge in [-0.3, -0.25) is 4.90 Å². The van der Waals surface area contributed by atoms with Crippen LogP contribution in [0.2, 0.25) is 0 Å². The third-order valence-corrected chi connectivity index (χ3v) is 5.40. The van der Waals surface area contributed by atoms with E-state index in [9.17, 15) is 4.79 Å². The van der Waals surface area contributed by atoms with Crippen molar-refractivity contribution in [3.63, 3.8) is 0 Å². The van der Waals surface area contributed by atoms with E-state index in [1.165, 1.54) is 5.52 Å². The molecule has 1 aliphatic rings. The predicted molar refractivity (Wildman–Crippen MR) is 118 cm³/mol. The van der Waals surface area contributed by atoms with E-state index in [1.807, 2.05) is 36.4 Å². The largest absolute Gasteiger partial charge is 0.497 e. The highest BCUT2D eigenvalue weighted by atomic mass is 16.5. The molecule has 0 unspecified atom stereocenters. The van der Waals surface area contributed by atoms with Gasteiger partial charge in [0.05, 0.1) is 20.3 Å². The molecule has 4 rings (SSSR count). The number of aromatic nitrogens is 1. The van der Waals surface area contributed by atoms with E-state index in [0.717, 1.165) is 61.8 Å². The maximum Gasteiger partial charge on any atom is 0.319 e. The van der Waals surface area contributed by atoms with Crippen LogP contribution in [0.25, 0.3) is 10.9 Å². The number of anilines is 1. The minimum atomic E-state index is -0.225. The Morgan fingerprint density at radius 1 is 1.07 bits per heavy atom. The number of carbonyl (C=O) groups excluding carboxylic acids is 1. The highest BCUT2D eigenvalue weighted by molar-refractivity contribution is 5.92. The molecule has 7 heteroatoms. The number of rotatable bonds is 7. The third kappa shape index (κ3) is 5.11. The molecule has 0 spiro atoms. The van der Waals surface area contributed by atoms with E-state index in [0.29, 0.717) is 6.54 Å². The second-order valence-corrected chi connectivity index (χ2v) is 7.39. The Bertz CT molecular complexity index is 978. The van der Waals surface area contributed by atoms with Gasteiger partial charge in [0.25, 0.3) is 0 Å². The summed E-state index contributed by atoms with van der Waals surface area (Å²) in [5.74, 6) is 0.799. The summed E-state index contributed by atoms with van der Waals surface area (Å²) in [4.78, 5) is 14.7. The van der Waals surface area contributed by atoms with Crippen LogP contribution < -0.4 is 15.4 Å². The molecular weight excluding hydrogens is 380 g/mol. The highest BCUT2D eigenvalue weighted by Crippen LogP contribution is 2.21. The summed E-state index contributed by atoms with van der Waals surface area (Å²) in [6, 6.07) is 15.5. The Morgan fingerprint density at radius 2 is 1.87 bits per heavy atom. The van der Waals surface area contributed by atoms with Crippen molar-refractivity contribution < 1.29 is 14.3 Å². The summed E-state index contributed by atoms with van der Waals surface area (Å²) < 4.78 is 12.8. The van der Waals surface area contributed by atoms with Crippen molar-refractivity contribution in [3.05, 3.63) is 60.3 Å². The first-order valence-corrected chi connectivity index (χ1v) is 10.3. The van der Waals surface area contributed by atoms with Gasteiger partial charge in [0.15, 0.2) is 0 Å².